The first-order valence-electron chi connectivity index (χ1n) is 6.25. The SMILES string of the molecule is CCc1cnc(C(C)Nc2ccc(C(=O)O)c(Br)c2)s1. The molecule has 0 aliphatic heterocycles. The molecule has 2 N–H and O–H groups in total. The number of carbonyl (C=O) groups is 1. The number of halogens is 1. The molecule has 1 atom stereocenters. The summed E-state index contributed by atoms with van der Waals surface area (Å²) in [7, 11) is 0. The molecule has 0 aliphatic rings. The van der Waals surface area contributed by atoms with Crippen molar-refractivity contribution in [2.45, 2.75) is 26.3 Å². The third-order valence-corrected chi connectivity index (χ3v) is 4.85. The van der Waals surface area contributed by atoms with Gasteiger partial charge in [-0.1, -0.05) is 6.92 Å². The normalized spacial score (nSPS) is 12.2. The van der Waals surface area contributed by atoms with Crippen LogP contribution in [-0.4, -0.2) is 16.1 Å². The van der Waals surface area contributed by atoms with E-state index in [1.165, 1.54) is 4.88 Å². The number of rotatable bonds is 5. The van der Waals surface area contributed by atoms with Gasteiger partial charge in [-0.05, 0) is 47.5 Å². The van der Waals surface area contributed by atoms with Crippen LogP contribution < -0.4 is 5.32 Å². The van der Waals surface area contributed by atoms with Crippen molar-refractivity contribution < 1.29 is 9.90 Å². The Balaban J connectivity index is 2.13. The zero-order chi connectivity index (χ0) is 14.7. The number of carboxylic acid groups (broad SMARTS) is 1. The van der Waals surface area contributed by atoms with Crippen LogP contribution in [0.2, 0.25) is 0 Å². The summed E-state index contributed by atoms with van der Waals surface area (Å²) in [5.74, 6) is -0.941. The minimum absolute atomic E-state index is 0.0860. The predicted molar refractivity (Wildman–Crippen MR) is 84.6 cm³/mol. The Hall–Kier alpha value is -1.40. The maximum absolute atomic E-state index is 11.0. The highest BCUT2D eigenvalue weighted by Gasteiger charge is 2.12. The van der Waals surface area contributed by atoms with Crippen molar-refractivity contribution in [2.24, 2.45) is 0 Å². The van der Waals surface area contributed by atoms with Crippen molar-refractivity contribution in [3.05, 3.63) is 44.3 Å². The number of nitrogens with one attached hydrogen (secondary N) is 1. The molecule has 0 saturated carbocycles. The molecule has 1 heterocycles. The van der Waals surface area contributed by atoms with E-state index in [4.69, 9.17) is 5.11 Å². The van der Waals surface area contributed by atoms with Crippen LogP contribution in [0.5, 0.6) is 0 Å². The van der Waals surface area contributed by atoms with E-state index >= 15 is 0 Å². The molecule has 4 nitrogen and oxygen atoms in total. The second kappa shape index (κ2) is 6.37. The fraction of sp³-hybridized carbons (Fsp3) is 0.286. The van der Waals surface area contributed by atoms with E-state index in [0.29, 0.717) is 4.47 Å². The molecule has 1 unspecified atom stereocenters. The molecule has 2 rings (SSSR count). The summed E-state index contributed by atoms with van der Waals surface area (Å²) in [6.45, 7) is 4.15. The number of anilines is 1. The molecule has 0 aliphatic carbocycles. The zero-order valence-electron chi connectivity index (χ0n) is 11.2. The van der Waals surface area contributed by atoms with Crippen molar-refractivity contribution in [3.63, 3.8) is 0 Å². The Labute approximate surface area is 130 Å². The average Bonchev–Trinajstić information content (AvgIpc) is 2.87. The van der Waals surface area contributed by atoms with E-state index < -0.39 is 5.97 Å². The summed E-state index contributed by atoms with van der Waals surface area (Å²) in [6, 6.07) is 5.21. The highest BCUT2D eigenvalue weighted by molar-refractivity contribution is 9.10. The van der Waals surface area contributed by atoms with Crippen molar-refractivity contribution in [2.75, 3.05) is 5.32 Å². The second-order valence-electron chi connectivity index (χ2n) is 4.38. The van der Waals surface area contributed by atoms with Crippen LogP contribution in [0.25, 0.3) is 0 Å². The van der Waals surface area contributed by atoms with Gasteiger partial charge in [-0.2, -0.15) is 0 Å². The number of thiazole rings is 1. The summed E-state index contributed by atoms with van der Waals surface area (Å²) in [6.07, 6.45) is 2.89. The number of hydrogen-bond donors (Lipinski definition) is 2. The number of carboxylic acids is 1. The first-order valence-corrected chi connectivity index (χ1v) is 7.86. The van der Waals surface area contributed by atoms with Gasteiger partial charge in [0.1, 0.15) is 5.01 Å². The van der Waals surface area contributed by atoms with Crippen molar-refractivity contribution in [1.82, 2.24) is 4.98 Å². The van der Waals surface area contributed by atoms with Gasteiger partial charge in [-0.15, -0.1) is 11.3 Å². The van der Waals surface area contributed by atoms with E-state index in [2.05, 4.69) is 33.2 Å². The van der Waals surface area contributed by atoms with Crippen LogP contribution in [0.15, 0.2) is 28.9 Å². The summed E-state index contributed by atoms with van der Waals surface area (Å²) >= 11 is 4.97. The van der Waals surface area contributed by atoms with E-state index in [0.717, 1.165) is 17.1 Å². The smallest absolute Gasteiger partial charge is 0.336 e. The van der Waals surface area contributed by atoms with Crippen LogP contribution >= 0.6 is 27.3 Å². The lowest BCUT2D eigenvalue weighted by atomic mass is 10.2. The Morgan fingerprint density at radius 1 is 1.55 bits per heavy atom. The summed E-state index contributed by atoms with van der Waals surface area (Å²) in [5.41, 5.74) is 1.12. The van der Waals surface area contributed by atoms with Gasteiger partial charge >= 0.3 is 5.97 Å². The molecule has 6 heteroatoms. The van der Waals surface area contributed by atoms with Gasteiger partial charge in [0.25, 0.3) is 0 Å². The molecule has 0 saturated heterocycles. The maximum Gasteiger partial charge on any atom is 0.336 e. The monoisotopic (exact) mass is 354 g/mol. The van der Waals surface area contributed by atoms with E-state index in [1.54, 1.807) is 29.5 Å². The van der Waals surface area contributed by atoms with Gasteiger partial charge in [0.2, 0.25) is 0 Å². The van der Waals surface area contributed by atoms with Gasteiger partial charge < -0.3 is 10.4 Å². The lowest BCUT2D eigenvalue weighted by Gasteiger charge is -2.13. The number of aromatic carboxylic acids is 1. The summed E-state index contributed by atoms with van der Waals surface area (Å²) < 4.78 is 0.565. The van der Waals surface area contributed by atoms with Gasteiger partial charge in [-0.25, -0.2) is 9.78 Å². The predicted octanol–water partition coefficient (Wildman–Crippen LogP) is 4.34. The molecular formula is C14H15BrN2O2S. The molecule has 0 amide bonds. The van der Waals surface area contributed by atoms with Crippen LogP contribution in [-0.2, 0) is 6.42 Å². The Kier molecular flexibility index (Phi) is 4.77. The topological polar surface area (TPSA) is 62.2 Å². The third kappa shape index (κ3) is 3.37. The van der Waals surface area contributed by atoms with E-state index in [9.17, 15) is 4.79 Å². The summed E-state index contributed by atoms with van der Waals surface area (Å²) in [4.78, 5) is 16.6. The number of hydrogen-bond acceptors (Lipinski definition) is 4. The molecular weight excluding hydrogens is 340 g/mol. The first-order chi connectivity index (χ1) is 9.51. The maximum atomic E-state index is 11.0. The molecule has 1 aromatic heterocycles. The Morgan fingerprint density at radius 3 is 2.85 bits per heavy atom. The van der Waals surface area contributed by atoms with Crippen LogP contribution in [0.3, 0.4) is 0 Å². The number of aromatic nitrogens is 1. The number of nitrogens with zero attached hydrogens (tertiary/aromatic N) is 1. The fourth-order valence-corrected chi connectivity index (χ4v) is 3.18. The highest BCUT2D eigenvalue weighted by Crippen LogP contribution is 2.27. The standard InChI is InChI=1S/C14H15BrN2O2S/c1-3-10-7-16-13(20-10)8(2)17-9-4-5-11(14(18)19)12(15)6-9/h4-8,17H,3H2,1-2H3,(H,18,19). The van der Waals surface area contributed by atoms with Gasteiger partial charge in [0, 0.05) is 21.2 Å². The molecule has 0 fully saturated rings. The number of aryl methyl sites for hydroxylation is 1. The minimum Gasteiger partial charge on any atom is -0.478 e. The van der Waals surface area contributed by atoms with Crippen molar-refractivity contribution in [3.8, 4) is 0 Å². The molecule has 0 spiro atoms. The van der Waals surface area contributed by atoms with Gasteiger partial charge in [-0.3, -0.25) is 0 Å². The van der Waals surface area contributed by atoms with Gasteiger partial charge in [0.15, 0.2) is 0 Å². The molecule has 20 heavy (non-hydrogen) atoms. The molecule has 2 aromatic rings. The lowest BCUT2D eigenvalue weighted by molar-refractivity contribution is 0.0696. The Bertz CT molecular complexity index is 627. The molecule has 106 valence electrons. The largest absolute Gasteiger partial charge is 0.478 e. The Morgan fingerprint density at radius 2 is 2.30 bits per heavy atom. The fourth-order valence-electron chi connectivity index (χ4n) is 1.78. The first kappa shape index (κ1) is 15.0. The van der Waals surface area contributed by atoms with Crippen LogP contribution in [0.1, 0.15) is 40.1 Å². The van der Waals surface area contributed by atoms with E-state index in [-0.39, 0.29) is 11.6 Å². The average molecular weight is 355 g/mol. The van der Waals surface area contributed by atoms with E-state index in [1.807, 2.05) is 13.1 Å². The summed E-state index contributed by atoms with van der Waals surface area (Å²) in [5, 5.41) is 13.3. The van der Waals surface area contributed by atoms with Crippen molar-refractivity contribution in [1.29, 1.82) is 0 Å². The quantitative estimate of drug-likeness (QED) is 0.838. The lowest BCUT2D eigenvalue weighted by Crippen LogP contribution is -2.07. The molecule has 1 aromatic carbocycles. The highest BCUT2D eigenvalue weighted by atomic mass is 79.9. The minimum atomic E-state index is -0.941. The number of benzene rings is 1. The third-order valence-electron chi connectivity index (χ3n) is 2.87. The van der Waals surface area contributed by atoms with Gasteiger partial charge in [0.05, 0.1) is 11.6 Å². The van der Waals surface area contributed by atoms with Crippen molar-refractivity contribution >= 4 is 38.9 Å². The second-order valence-corrected chi connectivity index (χ2v) is 6.39. The van der Waals surface area contributed by atoms with Crippen LogP contribution in [0, 0.1) is 0 Å². The molecule has 0 radical (unpaired) electrons. The van der Waals surface area contributed by atoms with Crippen LogP contribution in [0.4, 0.5) is 5.69 Å². The zero-order valence-corrected chi connectivity index (χ0v) is 13.6. The molecule has 0 bridgehead atoms.